The summed E-state index contributed by atoms with van der Waals surface area (Å²) in [4.78, 5) is 38.8. The highest BCUT2D eigenvalue weighted by Crippen LogP contribution is 2.34. The van der Waals surface area contributed by atoms with Crippen LogP contribution in [0.3, 0.4) is 0 Å². The van der Waals surface area contributed by atoms with Crippen LogP contribution in [0.15, 0.2) is 30.3 Å². The Morgan fingerprint density at radius 1 is 1.08 bits per heavy atom. The van der Waals surface area contributed by atoms with Gasteiger partial charge in [0.2, 0.25) is 0 Å². The highest BCUT2D eigenvalue weighted by Gasteiger charge is 2.30. The lowest BCUT2D eigenvalue weighted by Gasteiger charge is -2.24. The lowest BCUT2D eigenvalue weighted by molar-refractivity contribution is -0.141. The monoisotopic (exact) mass is 589 g/mol. The second kappa shape index (κ2) is 12.9. The number of carbonyl (C=O) groups excluding carboxylic acids is 3. The average Bonchev–Trinajstić information content (AvgIpc) is 3.16. The number of methoxy groups -OCH3 is 1. The average molecular weight is 591 g/mol. The number of esters is 1. The molecule has 0 bridgehead atoms. The lowest BCUT2D eigenvalue weighted by atomic mass is 9.85. The molecule has 1 amide bonds. The van der Waals surface area contributed by atoms with E-state index in [1.165, 1.54) is 7.11 Å². The Bertz CT molecular complexity index is 1220. The van der Waals surface area contributed by atoms with Crippen molar-refractivity contribution in [2.45, 2.75) is 46.1 Å². The van der Waals surface area contributed by atoms with E-state index in [4.69, 9.17) is 14.9 Å². The first-order valence-corrected chi connectivity index (χ1v) is 12.2. The van der Waals surface area contributed by atoms with Crippen LogP contribution in [-0.2, 0) is 21.5 Å². The van der Waals surface area contributed by atoms with Gasteiger partial charge in [-0.1, -0.05) is 20.8 Å². The highest BCUT2D eigenvalue weighted by molar-refractivity contribution is 8.93. The zero-order valence-corrected chi connectivity index (χ0v) is 24.4. The molecule has 0 saturated heterocycles. The maximum absolute atomic E-state index is 13.3. The summed E-state index contributed by atoms with van der Waals surface area (Å²) in [5, 5.41) is 11.3. The Hall–Kier alpha value is -3.40. The van der Waals surface area contributed by atoms with E-state index in [0.29, 0.717) is 41.3 Å². The summed E-state index contributed by atoms with van der Waals surface area (Å²) in [6.07, 6.45) is 0.130. The molecule has 9 nitrogen and oxygen atoms in total. The highest BCUT2D eigenvalue weighted by atomic mass is 79.9. The number of amidine groups is 1. The molecule has 0 aliphatic carbocycles. The molecule has 0 spiro atoms. The third kappa shape index (κ3) is 6.92. The van der Waals surface area contributed by atoms with Crippen molar-refractivity contribution in [1.82, 2.24) is 10.2 Å². The zero-order valence-electron chi connectivity index (χ0n) is 22.7. The molecule has 0 fully saturated rings. The molecule has 0 atom stereocenters. The first-order chi connectivity index (χ1) is 17.5. The van der Waals surface area contributed by atoms with Crippen molar-refractivity contribution in [3.05, 3.63) is 58.1 Å². The van der Waals surface area contributed by atoms with E-state index in [0.717, 1.165) is 11.1 Å². The molecule has 2 aromatic rings. The fourth-order valence-electron chi connectivity index (χ4n) is 4.18. The van der Waals surface area contributed by atoms with Gasteiger partial charge in [-0.25, -0.2) is 0 Å². The number of halogens is 1. The summed E-state index contributed by atoms with van der Waals surface area (Å²) in [6, 6.07) is 8.71. The third-order valence-corrected chi connectivity index (χ3v) is 6.14. The molecule has 0 aromatic heterocycles. The minimum absolute atomic E-state index is 0. The summed E-state index contributed by atoms with van der Waals surface area (Å²) in [5.41, 5.74) is 2.85. The number of rotatable bonds is 10. The van der Waals surface area contributed by atoms with E-state index >= 15 is 0 Å². The van der Waals surface area contributed by atoms with E-state index < -0.39 is 0 Å². The molecule has 206 valence electrons. The zero-order chi connectivity index (χ0) is 27.3. The number of benzene rings is 2. The summed E-state index contributed by atoms with van der Waals surface area (Å²) in [7, 11) is 2.88. The maximum Gasteiger partial charge on any atom is 0.308 e. The van der Waals surface area contributed by atoms with Gasteiger partial charge in [-0.05, 0) is 48.2 Å². The van der Waals surface area contributed by atoms with Crippen LogP contribution in [0.4, 0.5) is 0 Å². The first kappa shape index (κ1) is 30.8. The normalized spacial score (nSPS) is 12.4. The summed E-state index contributed by atoms with van der Waals surface area (Å²) in [5.74, 6) is 0.473. The standard InChI is InChI=1S/C28H35N3O6.BrH/c1-7-36-24-13-18-15-31(26(29)19(18)14-20(24)27(34)30-5)16-22(32)17-8-9-23(21(12-17)28(2,3)4)37-11-10-25(33)35-6;/h8-9,12-14,29H,7,10-11,15-16H2,1-6H3,(H,30,34);1H. The van der Waals surface area contributed by atoms with Crippen LogP contribution >= 0.6 is 17.0 Å². The second-order valence-electron chi connectivity index (χ2n) is 9.78. The Kier molecular flexibility index (Phi) is 10.5. The molecule has 1 aliphatic rings. The molecule has 0 radical (unpaired) electrons. The molecule has 1 aliphatic heterocycles. The van der Waals surface area contributed by atoms with Crippen molar-refractivity contribution < 1.29 is 28.6 Å². The van der Waals surface area contributed by atoms with Crippen LogP contribution in [0.1, 0.15) is 71.5 Å². The lowest BCUT2D eigenvalue weighted by Crippen LogP contribution is -2.30. The number of hydrogen-bond donors (Lipinski definition) is 2. The quantitative estimate of drug-likeness (QED) is 0.313. The minimum atomic E-state index is -0.353. The molecule has 2 N–H and O–H groups in total. The maximum atomic E-state index is 13.3. The molecular formula is C28H36BrN3O6. The van der Waals surface area contributed by atoms with E-state index in [1.54, 1.807) is 36.2 Å². The smallest absolute Gasteiger partial charge is 0.308 e. The van der Waals surface area contributed by atoms with E-state index in [1.807, 2.05) is 33.8 Å². The number of fused-ring (bicyclic) bond motifs is 1. The van der Waals surface area contributed by atoms with Crippen molar-refractivity contribution in [1.29, 1.82) is 5.41 Å². The van der Waals surface area contributed by atoms with Gasteiger partial charge in [0.1, 0.15) is 17.3 Å². The van der Waals surface area contributed by atoms with Gasteiger partial charge in [0.15, 0.2) is 5.78 Å². The van der Waals surface area contributed by atoms with Gasteiger partial charge in [0.05, 0.1) is 38.9 Å². The SMILES string of the molecule is Br.CCOc1cc2c(cc1C(=O)NC)C(=N)N(CC(=O)c1ccc(OCCC(=O)OC)c(C(C)(C)C)c1)C2. The van der Waals surface area contributed by atoms with Crippen LogP contribution in [0.25, 0.3) is 0 Å². The van der Waals surface area contributed by atoms with Crippen LogP contribution in [0, 0.1) is 5.41 Å². The van der Waals surface area contributed by atoms with E-state index in [2.05, 4.69) is 10.1 Å². The van der Waals surface area contributed by atoms with Gasteiger partial charge < -0.3 is 24.4 Å². The van der Waals surface area contributed by atoms with Crippen LogP contribution in [-0.4, -0.2) is 62.3 Å². The Morgan fingerprint density at radius 3 is 2.39 bits per heavy atom. The van der Waals surface area contributed by atoms with Gasteiger partial charge in [0, 0.05) is 30.3 Å². The van der Waals surface area contributed by atoms with Crippen LogP contribution in [0.2, 0.25) is 0 Å². The molecule has 0 unspecified atom stereocenters. The number of Topliss-reactive ketones (excluding diaryl/α,β-unsaturated/α-hetero) is 1. The number of amides is 1. The summed E-state index contributed by atoms with van der Waals surface area (Å²) >= 11 is 0. The van der Waals surface area contributed by atoms with Gasteiger partial charge in [-0.2, -0.15) is 0 Å². The van der Waals surface area contributed by atoms with Crippen molar-refractivity contribution in [3.8, 4) is 11.5 Å². The largest absolute Gasteiger partial charge is 0.493 e. The fraction of sp³-hybridized carbons (Fsp3) is 0.429. The van der Waals surface area contributed by atoms with Crippen molar-refractivity contribution in [2.75, 3.05) is 33.9 Å². The first-order valence-electron chi connectivity index (χ1n) is 12.2. The Balaban J connectivity index is 0.00000507. The number of carbonyl (C=O) groups is 3. The molecule has 38 heavy (non-hydrogen) atoms. The summed E-state index contributed by atoms with van der Waals surface area (Å²) < 4.78 is 16.2. The third-order valence-electron chi connectivity index (χ3n) is 6.14. The molecule has 1 heterocycles. The fourth-order valence-corrected chi connectivity index (χ4v) is 4.18. The van der Waals surface area contributed by atoms with Crippen molar-refractivity contribution >= 4 is 40.5 Å². The van der Waals surface area contributed by atoms with E-state index in [9.17, 15) is 14.4 Å². The van der Waals surface area contributed by atoms with Crippen molar-refractivity contribution in [3.63, 3.8) is 0 Å². The number of nitrogens with zero attached hydrogens (tertiary/aromatic N) is 1. The van der Waals surface area contributed by atoms with Gasteiger partial charge in [-0.3, -0.25) is 19.8 Å². The van der Waals surface area contributed by atoms with Gasteiger partial charge >= 0.3 is 5.97 Å². The van der Waals surface area contributed by atoms with Gasteiger partial charge in [-0.15, -0.1) is 17.0 Å². The molecule has 3 rings (SSSR count). The molecule has 10 heteroatoms. The number of nitrogens with one attached hydrogen (secondary N) is 2. The number of ether oxygens (including phenoxy) is 3. The second-order valence-corrected chi connectivity index (χ2v) is 9.78. The van der Waals surface area contributed by atoms with Crippen LogP contribution in [0.5, 0.6) is 11.5 Å². The van der Waals surface area contributed by atoms with Crippen molar-refractivity contribution in [2.24, 2.45) is 0 Å². The topological polar surface area (TPSA) is 118 Å². The Morgan fingerprint density at radius 2 is 1.79 bits per heavy atom. The predicted octanol–water partition coefficient (Wildman–Crippen LogP) is 4.29. The van der Waals surface area contributed by atoms with Crippen LogP contribution < -0.4 is 14.8 Å². The summed E-state index contributed by atoms with van der Waals surface area (Å²) in [6.45, 7) is 8.88. The Labute approximate surface area is 234 Å². The molecule has 0 saturated carbocycles. The number of ketones is 1. The van der Waals surface area contributed by atoms with E-state index in [-0.39, 0.29) is 65.5 Å². The molecule has 2 aromatic carbocycles. The number of hydrogen-bond acceptors (Lipinski definition) is 7. The van der Waals surface area contributed by atoms with Gasteiger partial charge in [0.25, 0.3) is 5.91 Å². The minimum Gasteiger partial charge on any atom is -0.493 e. The molecular weight excluding hydrogens is 554 g/mol. The predicted molar refractivity (Wildman–Crippen MR) is 150 cm³/mol.